The SMILES string of the molecule is CC1OC(OC2CCC(OC3(C)CC(=O)C4(O)C5=C(C=CC4(O)C3)C(=O)c3c(ccc(C4CC(O)C(OC6CCC(=O)C(C)O6)C(C)O4)c3O)C5=O)OC2C)CCC1=O. The Labute approximate surface area is 340 Å². The molecule has 4 heterocycles. The molecule has 0 radical (unpaired) electrons. The van der Waals surface area contributed by atoms with Gasteiger partial charge in [0.25, 0.3) is 0 Å². The number of fused-ring (bicyclic) bond motifs is 3. The number of carbonyl (C=O) groups is 5. The first kappa shape index (κ1) is 42.2. The van der Waals surface area contributed by atoms with E-state index in [1.807, 2.05) is 6.92 Å². The van der Waals surface area contributed by atoms with Crippen molar-refractivity contribution in [3.63, 3.8) is 0 Å². The quantitative estimate of drug-likeness (QED) is 0.310. The second-order valence-corrected chi connectivity index (χ2v) is 17.4. The fraction of sp³-hybridized carbons (Fsp3) is 0.651. The number of hydrogen-bond donors (Lipinski definition) is 4. The van der Waals surface area contributed by atoms with Crippen molar-refractivity contribution in [3.8, 4) is 5.75 Å². The molecule has 0 bridgehead atoms. The number of allylic oxidation sites excluding steroid dienone is 2. The summed E-state index contributed by atoms with van der Waals surface area (Å²) in [6, 6.07) is 2.69. The lowest BCUT2D eigenvalue weighted by atomic mass is 9.57. The first-order valence-corrected chi connectivity index (χ1v) is 20.5. The molecular weight excluding hydrogens is 772 g/mol. The molecule has 7 aliphatic rings. The zero-order valence-electron chi connectivity index (χ0n) is 33.7. The second kappa shape index (κ2) is 15.4. The summed E-state index contributed by atoms with van der Waals surface area (Å²) >= 11 is 0. The van der Waals surface area contributed by atoms with Crippen LogP contribution in [0.4, 0.5) is 0 Å². The maximum absolute atomic E-state index is 14.3. The van der Waals surface area contributed by atoms with Crippen molar-refractivity contribution in [1.29, 1.82) is 0 Å². The first-order chi connectivity index (χ1) is 27.8. The lowest BCUT2D eigenvalue weighted by Crippen LogP contribution is -2.69. The Hall–Kier alpha value is -3.55. The van der Waals surface area contributed by atoms with Crippen LogP contribution in [0.2, 0.25) is 0 Å². The molecule has 1 aromatic rings. The van der Waals surface area contributed by atoms with E-state index in [1.54, 1.807) is 27.7 Å². The van der Waals surface area contributed by atoms with E-state index in [0.29, 0.717) is 32.1 Å². The van der Waals surface area contributed by atoms with Gasteiger partial charge < -0.3 is 53.6 Å². The summed E-state index contributed by atoms with van der Waals surface area (Å²) in [6.07, 6.45) is -3.71. The number of benzene rings is 1. The predicted octanol–water partition coefficient (Wildman–Crippen LogP) is 2.93. The molecule has 14 unspecified atom stereocenters. The standard InChI is InChI=1S/C43H52O16/c1-19-26(44)8-11-32(54-19)57-29-10-13-34(56-21(29)3)59-41(5)17-31(47)43(52)36-25(14-15-42(43,51)18-41)38(49)35-24(39(36)50)7-6-23(37(35)48)30-16-28(46)40(22(4)53-30)58-33-12-9-27(45)20(2)55-33/h6-7,14-15,19-22,28-30,32-34,40,46,48,51-52H,8-13,16-18H2,1-5H3. The number of carbonyl (C=O) groups excluding carboxylic acids is 5. The maximum atomic E-state index is 14.3. The Morgan fingerprint density at radius 3 is 2.07 bits per heavy atom. The minimum absolute atomic E-state index is 0.0268. The molecule has 1 saturated carbocycles. The Balaban J connectivity index is 0.961. The predicted molar refractivity (Wildman–Crippen MR) is 201 cm³/mol. The van der Waals surface area contributed by atoms with Crippen LogP contribution >= 0.6 is 0 Å². The maximum Gasteiger partial charge on any atom is 0.198 e. The largest absolute Gasteiger partial charge is 0.507 e. The van der Waals surface area contributed by atoms with E-state index in [0.717, 1.165) is 6.08 Å². The van der Waals surface area contributed by atoms with Crippen LogP contribution in [0.1, 0.15) is 125 Å². The van der Waals surface area contributed by atoms with Crippen molar-refractivity contribution in [2.45, 2.75) is 177 Å². The third kappa shape index (κ3) is 7.28. The van der Waals surface area contributed by atoms with Gasteiger partial charge in [0.05, 0.1) is 47.3 Å². The van der Waals surface area contributed by atoms with Crippen molar-refractivity contribution in [2.24, 2.45) is 0 Å². The molecule has 3 aliphatic carbocycles. The van der Waals surface area contributed by atoms with Crippen LogP contribution < -0.4 is 0 Å². The summed E-state index contributed by atoms with van der Waals surface area (Å²) in [6.45, 7) is 8.44. The number of ether oxygens (including phenoxy) is 7. The van der Waals surface area contributed by atoms with Gasteiger partial charge in [-0.2, -0.15) is 0 Å². The van der Waals surface area contributed by atoms with Gasteiger partial charge in [0.1, 0.15) is 29.7 Å². The van der Waals surface area contributed by atoms with Crippen LogP contribution in [-0.4, -0.2) is 128 Å². The molecule has 320 valence electrons. The molecule has 0 spiro atoms. The van der Waals surface area contributed by atoms with E-state index in [9.17, 15) is 44.4 Å². The third-order valence-corrected chi connectivity index (χ3v) is 13.0. The van der Waals surface area contributed by atoms with Crippen LogP contribution in [0.15, 0.2) is 35.4 Å². The minimum atomic E-state index is -2.81. The topological polar surface area (TPSA) is 231 Å². The van der Waals surface area contributed by atoms with E-state index >= 15 is 0 Å². The number of aliphatic hydroxyl groups is 3. The number of rotatable bonds is 7. The van der Waals surface area contributed by atoms with Gasteiger partial charge in [-0.25, -0.2) is 0 Å². The van der Waals surface area contributed by atoms with E-state index in [2.05, 4.69) is 0 Å². The molecule has 0 amide bonds. The normalized spacial score (nSPS) is 42.7. The molecule has 4 saturated heterocycles. The van der Waals surface area contributed by atoms with Crippen molar-refractivity contribution >= 4 is 28.9 Å². The number of aromatic hydroxyl groups is 1. The Morgan fingerprint density at radius 1 is 0.780 bits per heavy atom. The summed E-state index contributed by atoms with van der Waals surface area (Å²) in [7, 11) is 0. The molecule has 4 N–H and O–H groups in total. The van der Waals surface area contributed by atoms with Crippen LogP contribution in [0.5, 0.6) is 5.75 Å². The van der Waals surface area contributed by atoms with Gasteiger partial charge in [0, 0.05) is 68.1 Å². The van der Waals surface area contributed by atoms with Gasteiger partial charge in [0.15, 0.2) is 53.4 Å². The van der Waals surface area contributed by atoms with Crippen LogP contribution in [-0.2, 0) is 47.5 Å². The van der Waals surface area contributed by atoms with Gasteiger partial charge in [-0.05, 0) is 53.2 Å². The van der Waals surface area contributed by atoms with E-state index in [1.165, 1.54) is 18.2 Å². The Kier molecular flexibility index (Phi) is 11.0. The van der Waals surface area contributed by atoms with E-state index < -0.39 is 113 Å². The molecule has 1 aromatic carbocycles. The molecule has 0 aromatic heterocycles. The van der Waals surface area contributed by atoms with Gasteiger partial charge in [-0.1, -0.05) is 12.1 Å². The molecule has 59 heavy (non-hydrogen) atoms. The van der Waals surface area contributed by atoms with Gasteiger partial charge in [-0.15, -0.1) is 0 Å². The number of phenols is 1. The van der Waals surface area contributed by atoms with Crippen LogP contribution in [0, 0.1) is 0 Å². The summed E-state index contributed by atoms with van der Waals surface area (Å²) in [5, 5.41) is 47.1. The smallest absolute Gasteiger partial charge is 0.198 e. The highest BCUT2D eigenvalue weighted by atomic mass is 16.7. The monoisotopic (exact) mass is 824 g/mol. The summed E-state index contributed by atoms with van der Waals surface area (Å²) in [5.74, 6) is -3.26. The van der Waals surface area contributed by atoms with Crippen molar-refractivity contribution < 1.29 is 77.6 Å². The highest BCUT2D eigenvalue weighted by Gasteiger charge is 2.67. The van der Waals surface area contributed by atoms with Crippen molar-refractivity contribution in [1.82, 2.24) is 0 Å². The highest BCUT2D eigenvalue weighted by Crippen LogP contribution is 2.53. The van der Waals surface area contributed by atoms with E-state index in [-0.39, 0.29) is 59.2 Å². The molecule has 16 heteroatoms. The number of Topliss-reactive ketones (excluding diaryl/α,β-unsaturated/α-hetero) is 5. The Bertz CT molecular complexity index is 2000. The molecule has 5 fully saturated rings. The zero-order valence-corrected chi connectivity index (χ0v) is 33.7. The van der Waals surface area contributed by atoms with Gasteiger partial charge in [0.2, 0.25) is 0 Å². The molecule has 16 nitrogen and oxygen atoms in total. The average molecular weight is 825 g/mol. The van der Waals surface area contributed by atoms with Gasteiger partial charge in [-0.3, -0.25) is 24.0 Å². The van der Waals surface area contributed by atoms with Crippen LogP contribution in [0.25, 0.3) is 0 Å². The van der Waals surface area contributed by atoms with Crippen LogP contribution in [0.3, 0.4) is 0 Å². The number of ketones is 5. The molecule has 14 atom stereocenters. The summed E-state index contributed by atoms with van der Waals surface area (Å²) < 4.78 is 42.1. The van der Waals surface area contributed by atoms with Crippen molar-refractivity contribution in [2.75, 3.05) is 0 Å². The summed E-state index contributed by atoms with van der Waals surface area (Å²) in [5.41, 5.74) is -7.96. The van der Waals surface area contributed by atoms with Crippen molar-refractivity contribution in [3.05, 3.63) is 52.1 Å². The minimum Gasteiger partial charge on any atom is -0.507 e. The zero-order chi connectivity index (χ0) is 42.3. The Morgan fingerprint density at radius 2 is 1.44 bits per heavy atom. The first-order valence-electron chi connectivity index (χ1n) is 20.5. The van der Waals surface area contributed by atoms with Gasteiger partial charge >= 0.3 is 0 Å². The molecule has 4 aliphatic heterocycles. The lowest BCUT2D eigenvalue weighted by molar-refractivity contribution is -0.296. The number of aliphatic hydroxyl groups excluding tert-OH is 1. The number of phenolic OH excluding ortho intramolecular Hbond substituents is 1. The fourth-order valence-electron chi connectivity index (χ4n) is 9.83. The average Bonchev–Trinajstić information content (AvgIpc) is 3.16. The fourth-order valence-corrected chi connectivity index (χ4v) is 9.83. The molecule has 8 rings (SSSR count). The highest BCUT2D eigenvalue weighted by molar-refractivity contribution is 6.32. The van der Waals surface area contributed by atoms with E-state index in [4.69, 9.17) is 33.2 Å². The molecular formula is C43H52O16. The second-order valence-electron chi connectivity index (χ2n) is 17.4. The lowest BCUT2D eigenvalue weighted by Gasteiger charge is -2.53. The summed E-state index contributed by atoms with van der Waals surface area (Å²) in [4.78, 5) is 66.4. The number of hydrogen-bond acceptors (Lipinski definition) is 16. The third-order valence-electron chi connectivity index (χ3n) is 13.0.